The number of rotatable bonds is 10. The largest absolute Gasteiger partial charge is 0.444 e. The Kier molecular flexibility index (Phi) is 15.6. The van der Waals surface area contributed by atoms with Crippen LogP contribution in [-0.2, 0) is 4.74 Å². The summed E-state index contributed by atoms with van der Waals surface area (Å²) < 4.78 is 5.21. The monoisotopic (exact) mass is 525 g/mol. The standard InChI is InChI=1S/C21H43N5O2.HI/c1-6-22-19(24-13-9-14-25-20(27)28-21(3,4)5)23-12-7-8-15-26-16-10-18(2)11-17-26;/h18H,6-17H2,1-5H3,(H,25,27)(H2,22,23,24);1H. The number of unbranched alkanes of at least 4 members (excludes halogenated alkanes) is 1. The van der Waals surface area contributed by atoms with E-state index in [1.165, 1.54) is 38.9 Å². The average Bonchev–Trinajstić information content (AvgIpc) is 2.61. The van der Waals surface area contributed by atoms with Gasteiger partial charge in [0, 0.05) is 26.2 Å². The lowest BCUT2D eigenvalue weighted by atomic mass is 9.99. The zero-order valence-electron chi connectivity index (χ0n) is 19.2. The van der Waals surface area contributed by atoms with Crippen molar-refractivity contribution >= 4 is 36.0 Å². The van der Waals surface area contributed by atoms with Gasteiger partial charge in [-0.25, -0.2) is 4.79 Å². The summed E-state index contributed by atoms with van der Waals surface area (Å²) in [4.78, 5) is 18.8. The van der Waals surface area contributed by atoms with E-state index in [1.54, 1.807) is 0 Å². The number of guanidine groups is 1. The Morgan fingerprint density at radius 1 is 1.07 bits per heavy atom. The predicted octanol–water partition coefficient (Wildman–Crippen LogP) is 3.59. The van der Waals surface area contributed by atoms with E-state index in [1.807, 2.05) is 20.8 Å². The minimum atomic E-state index is -0.462. The smallest absolute Gasteiger partial charge is 0.407 e. The molecule has 0 radical (unpaired) electrons. The number of piperidine rings is 1. The van der Waals surface area contributed by atoms with Crippen molar-refractivity contribution in [3.8, 4) is 0 Å². The Morgan fingerprint density at radius 3 is 2.34 bits per heavy atom. The van der Waals surface area contributed by atoms with Gasteiger partial charge in [0.05, 0.1) is 0 Å². The van der Waals surface area contributed by atoms with Crippen molar-refractivity contribution in [3.05, 3.63) is 0 Å². The van der Waals surface area contributed by atoms with Gasteiger partial charge in [-0.3, -0.25) is 4.99 Å². The van der Waals surface area contributed by atoms with Gasteiger partial charge in [0.2, 0.25) is 0 Å². The molecule has 0 bridgehead atoms. The highest BCUT2D eigenvalue weighted by Gasteiger charge is 2.15. The molecular weight excluding hydrogens is 481 g/mol. The number of alkyl carbamates (subject to hydrolysis) is 1. The Balaban J connectivity index is 0.00000784. The van der Waals surface area contributed by atoms with Gasteiger partial charge in [-0.15, -0.1) is 24.0 Å². The molecule has 1 aliphatic rings. The fourth-order valence-corrected chi connectivity index (χ4v) is 3.07. The first-order valence-electron chi connectivity index (χ1n) is 11.0. The maximum Gasteiger partial charge on any atom is 0.407 e. The maximum atomic E-state index is 11.6. The third-order valence-electron chi connectivity index (χ3n) is 4.69. The molecular formula is C21H44IN5O2. The van der Waals surface area contributed by atoms with Crippen molar-refractivity contribution in [2.45, 2.75) is 72.3 Å². The summed E-state index contributed by atoms with van der Waals surface area (Å²) in [6.07, 6.45) is 5.47. The summed E-state index contributed by atoms with van der Waals surface area (Å²) in [6.45, 7) is 16.7. The second-order valence-corrected chi connectivity index (χ2v) is 8.70. The van der Waals surface area contributed by atoms with Gasteiger partial charge < -0.3 is 25.6 Å². The number of halogens is 1. The number of hydrogen-bond acceptors (Lipinski definition) is 4. The van der Waals surface area contributed by atoms with Crippen LogP contribution in [0.5, 0.6) is 0 Å². The number of ether oxygens (including phenoxy) is 1. The number of nitrogens with one attached hydrogen (secondary N) is 3. The highest BCUT2D eigenvalue weighted by Crippen LogP contribution is 2.16. The molecule has 1 aliphatic heterocycles. The van der Waals surface area contributed by atoms with E-state index in [-0.39, 0.29) is 30.1 Å². The number of amides is 1. The Hall–Kier alpha value is -0.770. The van der Waals surface area contributed by atoms with Crippen LogP contribution in [0.2, 0.25) is 0 Å². The summed E-state index contributed by atoms with van der Waals surface area (Å²) in [6, 6.07) is 0. The van der Waals surface area contributed by atoms with Crippen LogP contribution in [0, 0.1) is 5.92 Å². The first-order chi connectivity index (χ1) is 13.3. The van der Waals surface area contributed by atoms with Gasteiger partial charge >= 0.3 is 6.09 Å². The van der Waals surface area contributed by atoms with Gasteiger partial charge in [-0.2, -0.15) is 0 Å². The Labute approximate surface area is 195 Å². The van der Waals surface area contributed by atoms with Gasteiger partial charge in [0.25, 0.3) is 0 Å². The molecule has 1 saturated heterocycles. The molecule has 1 rings (SSSR count). The lowest BCUT2D eigenvalue weighted by Crippen LogP contribution is -2.38. The third kappa shape index (κ3) is 15.7. The van der Waals surface area contributed by atoms with E-state index >= 15 is 0 Å². The van der Waals surface area contributed by atoms with E-state index in [0.29, 0.717) is 13.1 Å². The first kappa shape index (κ1) is 28.2. The molecule has 3 N–H and O–H groups in total. The van der Waals surface area contributed by atoms with Gasteiger partial charge in [0.1, 0.15) is 5.60 Å². The van der Waals surface area contributed by atoms with Gasteiger partial charge in [-0.05, 0) is 85.4 Å². The van der Waals surface area contributed by atoms with Crippen LogP contribution in [0.25, 0.3) is 0 Å². The topological polar surface area (TPSA) is 78.0 Å². The summed E-state index contributed by atoms with van der Waals surface area (Å²) in [5, 5.41) is 9.44. The lowest BCUT2D eigenvalue weighted by molar-refractivity contribution is 0.0527. The molecule has 0 aromatic carbocycles. The molecule has 0 aromatic rings. The lowest BCUT2D eigenvalue weighted by Gasteiger charge is -2.30. The molecule has 1 fully saturated rings. The molecule has 0 aliphatic carbocycles. The number of aliphatic imine (C=N–C) groups is 1. The molecule has 8 heteroatoms. The summed E-state index contributed by atoms with van der Waals surface area (Å²) in [5.41, 5.74) is -0.462. The van der Waals surface area contributed by atoms with E-state index in [2.05, 4.69) is 39.7 Å². The van der Waals surface area contributed by atoms with E-state index in [9.17, 15) is 4.79 Å². The normalized spacial score (nSPS) is 16.1. The summed E-state index contributed by atoms with van der Waals surface area (Å²) in [5.74, 6) is 1.75. The summed E-state index contributed by atoms with van der Waals surface area (Å²) >= 11 is 0. The van der Waals surface area contributed by atoms with E-state index in [0.717, 1.165) is 37.8 Å². The highest BCUT2D eigenvalue weighted by atomic mass is 127. The minimum absolute atomic E-state index is 0. The average molecular weight is 526 g/mol. The second kappa shape index (κ2) is 16.0. The number of hydrogen-bond donors (Lipinski definition) is 3. The molecule has 0 atom stereocenters. The second-order valence-electron chi connectivity index (χ2n) is 8.70. The SMILES string of the molecule is CCNC(=NCCCNC(=O)OC(C)(C)C)NCCCCN1CCC(C)CC1.I. The third-order valence-corrected chi connectivity index (χ3v) is 4.69. The summed E-state index contributed by atoms with van der Waals surface area (Å²) in [7, 11) is 0. The fraction of sp³-hybridized carbons (Fsp3) is 0.905. The predicted molar refractivity (Wildman–Crippen MR) is 132 cm³/mol. The maximum absolute atomic E-state index is 11.6. The quantitative estimate of drug-likeness (QED) is 0.176. The number of nitrogens with zero attached hydrogens (tertiary/aromatic N) is 2. The zero-order valence-corrected chi connectivity index (χ0v) is 21.5. The van der Waals surface area contributed by atoms with Gasteiger partial charge in [0.15, 0.2) is 5.96 Å². The number of likely N-dealkylation sites (tertiary alicyclic amines) is 1. The van der Waals surface area contributed by atoms with Crippen LogP contribution < -0.4 is 16.0 Å². The van der Waals surface area contributed by atoms with Crippen molar-refractivity contribution in [1.82, 2.24) is 20.9 Å². The van der Waals surface area contributed by atoms with Crippen LogP contribution in [0.15, 0.2) is 4.99 Å². The van der Waals surface area contributed by atoms with Crippen LogP contribution in [0.1, 0.15) is 66.7 Å². The fourth-order valence-electron chi connectivity index (χ4n) is 3.07. The zero-order chi connectivity index (χ0) is 20.8. The van der Waals surface area contributed by atoms with Crippen LogP contribution in [0.3, 0.4) is 0 Å². The van der Waals surface area contributed by atoms with E-state index in [4.69, 9.17) is 4.74 Å². The molecule has 172 valence electrons. The van der Waals surface area contributed by atoms with Crippen LogP contribution in [-0.4, -0.2) is 68.4 Å². The van der Waals surface area contributed by atoms with Crippen molar-refractivity contribution in [2.24, 2.45) is 10.9 Å². The van der Waals surface area contributed by atoms with Crippen molar-refractivity contribution < 1.29 is 9.53 Å². The highest BCUT2D eigenvalue weighted by molar-refractivity contribution is 14.0. The van der Waals surface area contributed by atoms with Crippen molar-refractivity contribution in [1.29, 1.82) is 0 Å². The molecule has 29 heavy (non-hydrogen) atoms. The van der Waals surface area contributed by atoms with E-state index < -0.39 is 5.60 Å². The Bertz CT molecular complexity index is 460. The van der Waals surface area contributed by atoms with Gasteiger partial charge in [-0.1, -0.05) is 6.92 Å². The number of carbonyl (C=O) groups is 1. The minimum Gasteiger partial charge on any atom is -0.444 e. The molecule has 0 aromatic heterocycles. The van der Waals surface area contributed by atoms with Crippen LogP contribution in [0.4, 0.5) is 4.79 Å². The molecule has 0 spiro atoms. The van der Waals surface area contributed by atoms with Crippen molar-refractivity contribution in [2.75, 3.05) is 45.8 Å². The molecule has 1 heterocycles. The molecule has 0 saturated carbocycles. The molecule has 1 amide bonds. The van der Waals surface area contributed by atoms with Crippen LogP contribution >= 0.6 is 24.0 Å². The molecule has 7 nitrogen and oxygen atoms in total. The first-order valence-corrected chi connectivity index (χ1v) is 11.0. The van der Waals surface area contributed by atoms with Crippen molar-refractivity contribution in [3.63, 3.8) is 0 Å². The Morgan fingerprint density at radius 2 is 1.72 bits per heavy atom. The molecule has 0 unspecified atom stereocenters. The number of carbonyl (C=O) groups excluding carboxylic acids is 1.